The summed E-state index contributed by atoms with van der Waals surface area (Å²) >= 11 is 0. The number of hydrogen-bond acceptors (Lipinski definition) is 3. The van der Waals surface area contributed by atoms with Crippen LogP contribution in [0.1, 0.15) is 21.9 Å². The molecule has 0 atom stereocenters. The van der Waals surface area contributed by atoms with Crippen LogP contribution < -0.4 is 5.73 Å². The number of benzene rings is 1. The van der Waals surface area contributed by atoms with Crippen LogP contribution >= 0.6 is 0 Å². The van der Waals surface area contributed by atoms with Crippen molar-refractivity contribution in [2.75, 3.05) is 0 Å². The molecule has 0 radical (unpaired) electrons. The van der Waals surface area contributed by atoms with Gasteiger partial charge in [-0.3, -0.25) is 4.79 Å². The molecule has 0 aliphatic carbocycles. The van der Waals surface area contributed by atoms with E-state index in [1.807, 2.05) is 0 Å². The highest BCUT2D eigenvalue weighted by Crippen LogP contribution is 2.18. The van der Waals surface area contributed by atoms with Crippen LogP contribution in [0.25, 0.3) is 0 Å². The summed E-state index contributed by atoms with van der Waals surface area (Å²) in [5, 5.41) is 0. The molecule has 2 rings (SSSR count). The molecule has 0 unspecified atom stereocenters. The molecule has 0 spiro atoms. The van der Waals surface area contributed by atoms with Gasteiger partial charge in [-0.2, -0.15) is 0 Å². The van der Waals surface area contributed by atoms with Crippen molar-refractivity contribution < 1.29 is 18.0 Å². The number of rotatable bonds is 3. The molecule has 0 aliphatic heterocycles. The minimum Gasteiger partial charge on any atom is -0.456 e. The van der Waals surface area contributed by atoms with E-state index in [0.29, 0.717) is 5.76 Å². The van der Waals surface area contributed by atoms with E-state index in [4.69, 9.17) is 10.2 Å². The second-order valence-electron chi connectivity index (χ2n) is 3.40. The van der Waals surface area contributed by atoms with Gasteiger partial charge in [0, 0.05) is 0 Å². The van der Waals surface area contributed by atoms with Crippen molar-refractivity contribution >= 4 is 5.78 Å². The third-order valence-corrected chi connectivity index (χ3v) is 2.28. The fraction of sp³-hybridized carbons (Fsp3) is 0.0833. The van der Waals surface area contributed by atoms with Crippen molar-refractivity contribution in [3.63, 3.8) is 0 Å². The molecule has 2 aromatic rings. The molecule has 0 aliphatic rings. The van der Waals surface area contributed by atoms with Crippen molar-refractivity contribution in [2.24, 2.45) is 5.73 Å². The number of nitrogens with two attached hydrogens (primary N) is 1. The van der Waals surface area contributed by atoms with Gasteiger partial charge < -0.3 is 10.2 Å². The first-order valence-corrected chi connectivity index (χ1v) is 4.91. The SMILES string of the molecule is NCc1ccc(C(=O)c2c(F)cccc2F)o1. The Morgan fingerprint density at radius 2 is 1.82 bits per heavy atom. The van der Waals surface area contributed by atoms with Crippen molar-refractivity contribution in [2.45, 2.75) is 6.54 Å². The minimum absolute atomic E-state index is 0.118. The molecule has 0 bridgehead atoms. The second kappa shape index (κ2) is 4.47. The zero-order chi connectivity index (χ0) is 12.4. The predicted octanol–water partition coefficient (Wildman–Crippen LogP) is 2.25. The number of furan rings is 1. The summed E-state index contributed by atoms with van der Waals surface area (Å²) in [5.41, 5.74) is 4.69. The molecule has 0 saturated heterocycles. The van der Waals surface area contributed by atoms with Gasteiger partial charge in [0.2, 0.25) is 5.78 Å². The molecule has 1 heterocycles. The van der Waals surface area contributed by atoms with Gasteiger partial charge in [0.25, 0.3) is 0 Å². The van der Waals surface area contributed by atoms with Crippen LogP contribution in [0.2, 0.25) is 0 Å². The van der Waals surface area contributed by atoms with Crippen LogP contribution in [0.3, 0.4) is 0 Å². The van der Waals surface area contributed by atoms with Crippen molar-refractivity contribution in [3.8, 4) is 0 Å². The number of hydrogen-bond donors (Lipinski definition) is 1. The van der Waals surface area contributed by atoms with Gasteiger partial charge in [0.15, 0.2) is 5.76 Å². The summed E-state index contributed by atoms with van der Waals surface area (Å²) in [5.74, 6) is -2.42. The van der Waals surface area contributed by atoms with Crippen LogP contribution in [0.15, 0.2) is 34.7 Å². The number of ketones is 1. The lowest BCUT2D eigenvalue weighted by Gasteiger charge is -2.01. The normalized spacial score (nSPS) is 10.5. The number of carbonyl (C=O) groups is 1. The van der Waals surface area contributed by atoms with Crippen LogP contribution in [-0.4, -0.2) is 5.78 Å². The Morgan fingerprint density at radius 1 is 1.18 bits per heavy atom. The Labute approximate surface area is 95.8 Å². The lowest BCUT2D eigenvalue weighted by molar-refractivity contribution is 0.0999. The van der Waals surface area contributed by atoms with E-state index in [9.17, 15) is 13.6 Å². The summed E-state index contributed by atoms with van der Waals surface area (Å²) in [6, 6.07) is 6.06. The van der Waals surface area contributed by atoms with Gasteiger partial charge in [0.1, 0.15) is 17.4 Å². The van der Waals surface area contributed by atoms with Crippen molar-refractivity contribution in [1.82, 2.24) is 0 Å². The molecule has 1 aromatic carbocycles. The van der Waals surface area contributed by atoms with E-state index in [1.54, 1.807) is 0 Å². The van der Waals surface area contributed by atoms with Gasteiger partial charge >= 0.3 is 0 Å². The largest absolute Gasteiger partial charge is 0.456 e. The van der Waals surface area contributed by atoms with Crippen LogP contribution in [-0.2, 0) is 6.54 Å². The molecule has 88 valence electrons. The maximum absolute atomic E-state index is 13.3. The van der Waals surface area contributed by atoms with E-state index in [1.165, 1.54) is 18.2 Å². The average molecular weight is 237 g/mol. The highest BCUT2D eigenvalue weighted by Gasteiger charge is 2.21. The predicted molar refractivity (Wildman–Crippen MR) is 56.4 cm³/mol. The van der Waals surface area contributed by atoms with Gasteiger partial charge in [0.05, 0.1) is 12.1 Å². The summed E-state index contributed by atoms with van der Waals surface area (Å²) in [4.78, 5) is 11.8. The molecular formula is C12H9F2NO2. The maximum atomic E-state index is 13.3. The molecule has 0 amide bonds. The second-order valence-corrected chi connectivity index (χ2v) is 3.40. The third kappa shape index (κ3) is 2.09. The molecular weight excluding hydrogens is 228 g/mol. The highest BCUT2D eigenvalue weighted by atomic mass is 19.1. The summed E-state index contributed by atoms with van der Waals surface area (Å²) in [6.07, 6.45) is 0. The van der Waals surface area contributed by atoms with Gasteiger partial charge in [-0.25, -0.2) is 8.78 Å². The number of halogens is 2. The molecule has 17 heavy (non-hydrogen) atoms. The fourth-order valence-electron chi connectivity index (χ4n) is 1.45. The zero-order valence-electron chi connectivity index (χ0n) is 8.74. The van der Waals surface area contributed by atoms with Gasteiger partial charge in [-0.1, -0.05) is 6.07 Å². The van der Waals surface area contributed by atoms with Crippen LogP contribution in [0.5, 0.6) is 0 Å². The quantitative estimate of drug-likeness (QED) is 0.833. The summed E-state index contributed by atoms with van der Waals surface area (Å²) in [7, 11) is 0. The molecule has 0 saturated carbocycles. The van der Waals surface area contributed by atoms with E-state index in [-0.39, 0.29) is 12.3 Å². The Hall–Kier alpha value is -2.01. The highest BCUT2D eigenvalue weighted by molar-refractivity contribution is 6.07. The van der Waals surface area contributed by atoms with Crippen LogP contribution in [0, 0.1) is 11.6 Å². The van der Waals surface area contributed by atoms with Crippen molar-refractivity contribution in [1.29, 1.82) is 0 Å². The molecule has 2 N–H and O–H groups in total. The first kappa shape index (κ1) is 11.5. The smallest absolute Gasteiger partial charge is 0.234 e. The monoisotopic (exact) mass is 237 g/mol. The number of carbonyl (C=O) groups excluding carboxylic acids is 1. The fourth-order valence-corrected chi connectivity index (χ4v) is 1.45. The maximum Gasteiger partial charge on any atom is 0.234 e. The van der Waals surface area contributed by atoms with Crippen LogP contribution in [0.4, 0.5) is 8.78 Å². The topological polar surface area (TPSA) is 56.2 Å². The third-order valence-electron chi connectivity index (χ3n) is 2.28. The Balaban J connectivity index is 2.43. The van der Waals surface area contributed by atoms with Crippen molar-refractivity contribution in [3.05, 3.63) is 59.1 Å². The first-order valence-electron chi connectivity index (χ1n) is 4.91. The Morgan fingerprint density at radius 3 is 2.35 bits per heavy atom. The Bertz CT molecular complexity index is 543. The zero-order valence-corrected chi connectivity index (χ0v) is 8.74. The summed E-state index contributed by atoms with van der Waals surface area (Å²) < 4.78 is 31.7. The minimum atomic E-state index is -0.916. The first-order chi connectivity index (χ1) is 8.13. The lowest BCUT2D eigenvalue weighted by atomic mass is 10.1. The van der Waals surface area contributed by atoms with Gasteiger partial charge in [-0.15, -0.1) is 0 Å². The standard InChI is InChI=1S/C12H9F2NO2/c13-8-2-1-3-9(14)11(8)12(16)10-5-4-7(6-15)17-10/h1-5H,6,15H2. The molecule has 3 nitrogen and oxygen atoms in total. The lowest BCUT2D eigenvalue weighted by Crippen LogP contribution is -2.06. The summed E-state index contributed by atoms with van der Waals surface area (Å²) in [6.45, 7) is 0.118. The van der Waals surface area contributed by atoms with E-state index < -0.39 is 23.0 Å². The van der Waals surface area contributed by atoms with Gasteiger partial charge in [-0.05, 0) is 24.3 Å². The van der Waals surface area contributed by atoms with E-state index in [2.05, 4.69) is 0 Å². The molecule has 1 aromatic heterocycles. The average Bonchev–Trinajstić information content (AvgIpc) is 2.77. The van der Waals surface area contributed by atoms with E-state index >= 15 is 0 Å². The van der Waals surface area contributed by atoms with E-state index in [0.717, 1.165) is 12.1 Å². The molecule has 5 heteroatoms. The Kier molecular flexibility index (Phi) is 3.01. The molecule has 0 fully saturated rings.